The highest BCUT2D eigenvalue weighted by Gasteiger charge is 2.49. The summed E-state index contributed by atoms with van der Waals surface area (Å²) in [7, 11) is 0. The van der Waals surface area contributed by atoms with Crippen LogP contribution in [0.25, 0.3) is 32.1 Å². The Bertz CT molecular complexity index is 2260. The third-order valence-electron chi connectivity index (χ3n) is 10.8. The minimum atomic E-state index is -2.85. The van der Waals surface area contributed by atoms with Crippen molar-refractivity contribution in [2.24, 2.45) is 0 Å². The molecule has 0 radical (unpaired) electrons. The lowest BCUT2D eigenvalue weighted by molar-refractivity contribution is 0.0633. The van der Waals surface area contributed by atoms with Gasteiger partial charge in [0.25, 0.3) is 6.43 Å². The van der Waals surface area contributed by atoms with Gasteiger partial charge in [-0.3, -0.25) is 10.2 Å². The van der Waals surface area contributed by atoms with E-state index in [1.54, 1.807) is 20.8 Å². The van der Waals surface area contributed by atoms with Gasteiger partial charge in [0.15, 0.2) is 11.6 Å². The van der Waals surface area contributed by atoms with Crippen LogP contribution in [-0.4, -0.2) is 96.3 Å². The summed E-state index contributed by atoms with van der Waals surface area (Å²) < 4.78 is 100. The zero-order chi connectivity index (χ0) is 39.7. The van der Waals surface area contributed by atoms with Gasteiger partial charge in [-0.05, 0) is 64.6 Å². The van der Waals surface area contributed by atoms with Crippen LogP contribution in [0.5, 0.6) is 11.8 Å². The summed E-state index contributed by atoms with van der Waals surface area (Å²) in [5, 5.41) is 12.4. The summed E-state index contributed by atoms with van der Waals surface area (Å²) in [6, 6.07) is 3.20. The fourth-order valence-electron chi connectivity index (χ4n) is 8.50. The van der Waals surface area contributed by atoms with Crippen LogP contribution in [0.1, 0.15) is 58.4 Å². The number of thiophene rings is 1. The number of nitriles is 1. The lowest BCUT2D eigenvalue weighted by Crippen LogP contribution is -2.49. The smallest absolute Gasteiger partial charge is 0.412 e. The van der Waals surface area contributed by atoms with Crippen LogP contribution >= 0.6 is 22.9 Å². The van der Waals surface area contributed by atoms with Gasteiger partial charge in [0, 0.05) is 30.5 Å². The van der Waals surface area contributed by atoms with E-state index >= 15 is 8.78 Å². The Labute approximate surface area is 327 Å². The first-order valence-corrected chi connectivity index (χ1v) is 19.6. The highest BCUT2D eigenvalue weighted by Crippen LogP contribution is 2.52. The van der Waals surface area contributed by atoms with Gasteiger partial charge in [-0.25, -0.2) is 26.7 Å². The van der Waals surface area contributed by atoms with E-state index < -0.39 is 60.2 Å². The second-order valence-corrected chi connectivity index (χ2v) is 17.0. The van der Waals surface area contributed by atoms with Gasteiger partial charge in [-0.1, -0.05) is 17.7 Å². The lowest BCUT2D eigenvalue weighted by atomic mass is 9.95. The standard InChI is InChI=1S/C38H38ClF5N6O5S/c1-37(2,3)55-36(51)48-34-20(13-45)25-19(7-8-21(41)32(25)56-34)26-28(39)31-27-30(29(26)44)46-35(54-17-38-9-5-10-49(38)14-18(40)12-38)47-33(27)50(15-24(42)43)22(16-53-31)23-6-4-11-52-23/h7-8,18,22-24H,4-6,9-12,14-17H2,1-3H3,(H,48,51)/t18-,22?,23?,38+/m1/s1. The number of carbonyl (C=O) groups is 1. The Balaban J connectivity index is 1.33. The molecule has 0 aliphatic carbocycles. The minimum absolute atomic E-state index is 0.0249. The molecule has 3 fully saturated rings. The third-order valence-corrected chi connectivity index (χ3v) is 12.2. The number of hydrogen-bond donors (Lipinski definition) is 1. The Morgan fingerprint density at radius 2 is 2.04 bits per heavy atom. The van der Waals surface area contributed by atoms with Gasteiger partial charge in [-0.15, -0.1) is 11.3 Å². The molecule has 0 bridgehead atoms. The molecule has 2 aromatic heterocycles. The van der Waals surface area contributed by atoms with E-state index in [0.29, 0.717) is 32.4 Å². The fraction of sp³-hybridized carbons (Fsp3) is 0.526. The molecule has 1 amide bonds. The van der Waals surface area contributed by atoms with Crippen molar-refractivity contribution in [3.63, 3.8) is 0 Å². The second-order valence-electron chi connectivity index (χ2n) is 15.6. The summed E-state index contributed by atoms with van der Waals surface area (Å²) in [6.07, 6.45) is -2.39. The Kier molecular flexibility index (Phi) is 10.1. The number of rotatable bonds is 8. The average Bonchev–Trinajstić information content (AvgIpc) is 3.90. The number of aromatic nitrogens is 2. The quantitative estimate of drug-likeness (QED) is 0.173. The van der Waals surface area contributed by atoms with Crippen molar-refractivity contribution in [3.8, 4) is 29.0 Å². The lowest BCUT2D eigenvalue weighted by Gasteiger charge is -2.34. The largest absolute Gasteiger partial charge is 0.489 e. The summed E-state index contributed by atoms with van der Waals surface area (Å²) >= 11 is 7.83. The molecule has 1 N–H and O–H groups in total. The van der Waals surface area contributed by atoms with Gasteiger partial charge in [-0.2, -0.15) is 15.2 Å². The molecule has 4 aliphatic rings. The van der Waals surface area contributed by atoms with Crippen molar-refractivity contribution < 1.29 is 45.7 Å². The summed E-state index contributed by atoms with van der Waals surface area (Å²) in [5.41, 5.74) is -2.43. The zero-order valence-electron chi connectivity index (χ0n) is 30.7. The number of amides is 1. The van der Waals surface area contributed by atoms with Crippen LogP contribution in [0.3, 0.4) is 0 Å². The van der Waals surface area contributed by atoms with E-state index in [0.717, 1.165) is 23.8 Å². The van der Waals surface area contributed by atoms with Gasteiger partial charge >= 0.3 is 12.1 Å². The molecular weight excluding hydrogens is 783 g/mol. The minimum Gasteiger partial charge on any atom is -0.489 e. The summed E-state index contributed by atoms with van der Waals surface area (Å²) in [4.78, 5) is 25.2. The number of fused-ring (bicyclic) bond motifs is 2. The van der Waals surface area contributed by atoms with Crippen molar-refractivity contribution in [3.05, 3.63) is 34.4 Å². The average molecular weight is 821 g/mol. The first-order chi connectivity index (χ1) is 26.7. The van der Waals surface area contributed by atoms with Crippen LogP contribution in [-0.2, 0) is 9.47 Å². The number of carbonyl (C=O) groups excluding carboxylic acids is 1. The molecule has 4 aliphatic heterocycles. The number of alkyl halides is 3. The number of ether oxygens (including phenoxy) is 4. The van der Waals surface area contributed by atoms with Crippen molar-refractivity contribution in [2.45, 2.75) is 88.8 Å². The third kappa shape index (κ3) is 6.81. The molecule has 0 spiro atoms. The van der Waals surface area contributed by atoms with E-state index in [4.69, 9.17) is 30.5 Å². The van der Waals surface area contributed by atoms with Gasteiger partial charge in [0.2, 0.25) is 0 Å². The SMILES string of the molecule is CC(C)(C)OC(=O)Nc1sc2c(F)ccc(-c3c(Cl)c4c5c(nc(OC[C@@]67CCCN6C[C@H](F)C7)nc5c3F)N(CC(F)F)C(C3CCCO3)CO4)c2c1C#N. The van der Waals surface area contributed by atoms with Crippen molar-refractivity contribution >= 4 is 60.8 Å². The summed E-state index contributed by atoms with van der Waals surface area (Å²) in [5.74, 6) is -2.02. The van der Waals surface area contributed by atoms with Crippen molar-refractivity contribution in [1.29, 1.82) is 5.26 Å². The number of halogens is 6. The molecule has 8 rings (SSSR count). The Morgan fingerprint density at radius 3 is 2.75 bits per heavy atom. The number of nitrogens with zero attached hydrogens (tertiary/aromatic N) is 5. The van der Waals surface area contributed by atoms with Crippen LogP contribution < -0.4 is 19.7 Å². The highest BCUT2D eigenvalue weighted by molar-refractivity contribution is 7.23. The summed E-state index contributed by atoms with van der Waals surface area (Å²) in [6.45, 7) is 5.26. The van der Waals surface area contributed by atoms with Crippen LogP contribution in [0.2, 0.25) is 5.02 Å². The number of nitrogens with one attached hydrogen (secondary N) is 1. The molecule has 4 atom stereocenters. The van der Waals surface area contributed by atoms with Crippen LogP contribution in [0.4, 0.5) is 37.6 Å². The molecule has 56 heavy (non-hydrogen) atoms. The highest BCUT2D eigenvalue weighted by atomic mass is 35.5. The molecule has 2 unspecified atom stereocenters. The normalized spacial score (nSPS) is 23.7. The van der Waals surface area contributed by atoms with Gasteiger partial charge < -0.3 is 23.8 Å². The molecule has 2 aromatic carbocycles. The second kappa shape index (κ2) is 14.6. The van der Waals surface area contributed by atoms with Crippen molar-refractivity contribution in [1.82, 2.24) is 14.9 Å². The molecule has 4 aromatic rings. The molecule has 18 heteroatoms. The van der Waals surface area contributed by atoms with E-state index in [2.05, 4.69) is 15.3 Å². The molecule has 0 saturated carbocycles. The van der Waals surface area contributed by atoms with E-state index in [1.807, 2.05) is 11.0 Å². The maximum Gasteiger partial charge on any atom is 0.412 e. The first-order valence-electron chi connectivity index (χ1n) is 18.4. The predicted octanol–water partition coefficient (Wildman–Crippen LogP) is 8.63. The predicted molar refractivity (Wildman–Crippen MR) is 200 cm³/mol. The first kappa shape index (κ1) is 38.6. The Morgan fingerprint density at radius 1 is 1.23 bits per heavy atom. The molecule has 3 saturated heterocycles. The molecular formula is C38H38ClF5N6O5S. The molecule has 298 valence electrons. The van der Waals surface area contributed by atoms with E-state index in [9.17, 15) is 23.2 Å². The number of benzene rings is 2. The van der Waals surface area contributed by atoms with E-state index in [1.165, 1.54) is 11.0 Å². The monoisotopic (exact) mass is 820 g/mol. The van der Waals surface area contributed by atoms with Gasteiger partial charge in [0.05, 0.1) is 44.9 Å². The fourth-order valence-corrected chi connectivity index (χ4v) is 9.90. The van der Waals surface area contributed by atoms with E-state index in [-0.39, 0.29) is 91.5 Å². The Hall–Kier alpha value is -4.24. The van der Waals surface area contributed by atoms with Crippen molar-refractivity contribution in [2.75, 3.05) is 49.7 Å². The maximum atomic E-state index is 17.5. The van der Waals surface area contributed by atoms with Gasteiger partial charge in [0.1, 0.15) is 53.2 Å². The van der Waals surface area contributed by atoms with Crippen LogP contribution in [0, 0.1) is 23.0 Å². The number of hydrogen-bond acceptors (Lipinski definition) is 11. The number of anilines is 2. The molecule has 11 nitrogen and oxygen atoms in total. The van der Waals surface area contributed by atoms with Crippen LogP contribution in [0.15, 0.2) is 12.1 Å². The zero-order valence-corrected chi connectivity index (χ0v) is 32.3. The topological polar surface area (TPSA) is 122 Å². The molecule has 6 heterocycles. The maximum absolute atomic E-state index is 17.5.